The first-order valence-electron chi connectivity index (χ1n) is 8.97. The summed E-state index contributed by atoms with van der Waals surface area (Å²) >= 11 is 0. The molecule has 0 aliphatic carbocycles. The summed E-state index contributed by atoms with van der Waals surface area (Å²) in [6.45, 7) is 1.17. The molecule has 2 heterocycles. The number of likely N-dealkylation sites (tertiary alicyclic amines) is 1. The molecule has 4 rings (SSSR count). The van der Waals surface area contributed by atoms with Gasteiger partial charge in [-0.15, -0.1) is 0 Å². The van der Waals surface area contributed by atoms with Gasteiger partial charge in [0.15, 0.2) is 11.5 Å². The molecule has 1 amide bonds. The van der Waals surface area contributed by atoms with Crippen molar-refractivity contribution in [3.8, 4) is 0 Å². The molecule has 1 aromatic heterocycles. The highest BCUT2D eigenvalue weighted by atomic mass is 16.6. The predicted molar refractivity (Wildman–Crippen MR) is 99.4 cm³/mol. The number of nitro groups is 1. The Bertz CT molecular complexity index is 965. The predicted octanol–water partition coefficient (Wildman–Crippen LogP) is 3.68. The zero-order chi connectivity index (χ0) is 18.8. The van der Waals surface area contributed by atoms with Crippen molar-refractivity contribution in [1.29, 1.82) is 0 Å². The van der Waals surface area contributed by atoms with Crippen LogP contribution in [0.2, 0.25) is 0 Å². The van der Waals surface area contributed by atoms with Crippen LogP contribution < -0.4 is 0 Å². The van der Waals surface area contributed by atoms with Gasteiger partial charge < -0.3 is 9.32 Å². The molecule has 27 heavy (non-hydrogen) atoms. The average Bonchev–Trinajstić information content (AvgIpc) is 3.12. The molecule has 0 bridgehead atoms. The van der Waals surface area contributed by atoms with Gasteiger partial charge in [0, 0.05) is 24.7 Å². The molecular formula is C20H19N3O4. The third kappa shape index (κ3) is 3.53. The number of aromatic nitrogens is 1. The smallest absolute Gasteiger partial charge is 0.273 e. The fraction of sp³-hybridized carbons (Fsp3) is 0.300. The third-order valence-electron chi connectivity index (χ3n) is 4.96. The van der Waals surface area contributed by atoms with E-state index < -0.39 is 4.92 Å². The second-order valence-electron chi connectivity index (χ2n) is 6.76. The number of oxazole rings is 1. The Morgan fingerprint density at radius 2 is 2.00 bits per heavy atom. The summed E-state index contributed by atoms with van der Waals surface area (Å²) in [6, 6.07) is 14.0. The average molecular weight is 365 g/mol. The van der Waals surface area contributed by atoms with Crippen molar-refractivity contribution in [3.05, 3.63) is 70.1 Å². The van der Waals surface area contributed by atoms with E-state index in [0.717, 1.165) is 23.9 Å². The number of benzene rings is 2. The number of piperidine rings is 1. The van der Waals surface area contributed by atoms with E-state index in [1.807, 2.05) is 24.3 Å². The number of fused-ring (bicyclic) bond motifs is 1. The lowest BCUT2D eigenvalue weighted by molar-refractivity contribution is -0.385. The van der Waals surface area contributed by atoms with E-state index in [0.29, 0.717) is 24.5 Å². The molecule has 1 aliphatic heterocycles. The van der Waals surface area contributed by atoms with Gasteiger partial charge in [-0.1, -0.05) is 30.3 Å². The summed E-state index contributed by atoms with van der Waals surface area (Å²) in [6.07, 6.45) is 1.78. The third-order valence-corrected chi connectivity index (χ3v) is 4.96. The van der Waals surface area contributed by atoms with E-state index in [2.05, 4.69) is 4.98 Å². The molecule has 1 fully saturated rings. The number of amides is 1. The van der Waals surface area contributed by atoms with E-state index in [-0.39, 0.29) is 23.9 Å². The number of hydrogen-bond donors (Lipinski definition) is 0. The van der Waals surface area contributed by atoms with E-state index in [1.165, 1.54) is 6.07 Å². The second-order valence-corrected chi connectivity index (χ2v) is 6.76. The van der Waals surface area contributed by atoms with Crippen molar-refractivity contribution >= 4 is 22.7 Å². The maximum Gasteiger partial charge on any atom is 0.273 e. The molecule has 2 aromatic carbocycles. The Morgan fingerprint density at radius 3 is 2.81 bits per heavy atom. The van der Waals surface area contributed by atoms with Gasteiger partial charge >= 0.3 is 0 Å². The van der Waals surface area contributed by atoms with Crippen LogP contribution in [0.4, 0.5) is 5.69 Å². The van der Waals surface area contributed by atoms with Crippen LogP contribution in [0.1, 0.15) is 30.2 Å². The lowest BCUT2D eigenvalue weighted by atomic mass is 9.97. The van der Waals surface area contributed by atoms with Crippen LogP contribution in [0.25, 0.3) is 11.1 Å². The molecule has 1 atom stereocenters. The molecule has 0 radical (unpaired) electrons. The molecule has 1 aliphatic rings. The van der Waals surface area contributed by atoms with E-state index in [1.54, 1.807) is 23.1 Å². The Balaban J connectivity index is 1.49. The number of nitrogens with zero attached hydrogens (tertiary/aromatic N) is 3. The molecule has 1 saturated heterocycles. The molecular weight excluding hydrogens is 346 g/mol. The van der Waals surface area contributed by atoms with Gasteiger partial charge in [0.25, 0.3) is 5.69 Å². The van der Waals surface area contributed by atoms with E-state index in [9.17, 15) is 14.9 Å². The van der Waals surface area contributed by atoms with Crippen LogP contribution in [-0.4, -0.2) is 33.8 Å². The number of para-hydroxylation sites is 3. The summed E-state index contributed by atoms with van der Waals surface area (Å²) in [5.41, 5.74) is 1.99. The highest BCUT2D eigenvalue weighted by Crippen LogP contribution is 2.29. The van der Waals surface area contributed by atoms with Crippen molar-refractivity contribution in [2.75, 3.05) is 13.1 Å². The summed E-state index contributed by atoms with van der Waals surface area (Å²) in [7, 11) is 0. The van der Waals surface area contributed by atoms with E-state index >= 15 is 0 Å². The zero-order valence-electron chi connectivity index (χ0n) is 14.7. The SMILES string of the molecule is O=C(Cc1ccccc1[N+](=O)[O-])N1CCC[C@H](c2nc3ccccc3o2)C1. The van der Waals surface area contributed by atoms with Crippen molar-refractivity contribution in [3.63, 3.8) is 0 Å². The summed E-state index contributed by atoms with van der Waals surface area (Å²) < 4.78 is 5.87. The lowest BCUT2D eigenvalue weighted by Crippen LogP contribution is -2.40. The molecule has 0 saturated carbocycles. The topological polar surface area (TPSA) is 89.5 Å². The van der Waals surface area contributed by atoms with Gasteiger partial charge in [-0.25, -0.2) is 4.98 Å². The van der Waals surface area contributed by atoms with Crippen molar-refractivity contribution < 1.29 is 14.1 Å². The maximum absolute atomic E-state index is 12.7. The van der Waals surface area contributed by atoms with Gasteiger partial charge in [0.05, 0.1) is 17.3 Å². The van der Waals surface area contributed by atoms with Gasteiger partial charge in [-0.3, -0.25) is 14.9 Å². The number of nitro benzene ring substituents is 1. The van der Waals surface area contributed by atoms with E-state index in [4.69, 9.17) is 4.42 Å². The quantitative estimate of drug-likeness (QED) is 0.520. The van der Waals surface area contributed by atoms with Crippen LogP contribution in [0, 0.1) is 10.1 Å². The fourth-order valence-electron chi connectivity index (χ4n) is 3.58. The first kappa shape index (κ1) is 17.2. The van der Waals surface area contributed by atoms with Crippen molar-refractivity contribution in [1.82, 2.24) is 9.88 Å². The van der Waals surface area contributed by atoms with Gasteiger partial charge in [0.1, 0.15) is 5.52 Å². The molecule has 0 spiro atoms. The number of carbonyl (C=O) groups is 1. The molecule has 7 heteroatoms. The Labute approximate surface area is 155 Å². The number of hydrogen-bond acceptors (Lipinski definition) is 5. The normalized spacial score (nSPS) is 17.2. The van der Waals surface area contributed by atoms with Crippen molar-refractivity contribution in [2.45, 2.75) is 25.2 Å². The molecule has 0 N–H and O–H groups in total. The Kier molecular flexibility index (Phi) is 4.58. The minimum Gasteiger partial charge on any atom is -0.440 e. The Hall–Kier alpha value is -3.22. The van der Waals surface area contributed by atoms with Crippen LogP contribution in [-0.2, 0) is 11.2 Å². The van der Waals surface area contributed by atoms with Crippen LogP contribution in [0.15, 0.2) is 52.9 Å². The molecule has 7 nitrogen and oxygen atoms in total. The maximum atomic E-state index is 12.7. The van der Waals surface area contributed by atoms with Crippen LogP contribution in [0.5, 0.6) is 0 Å². The first-order valence-corrected chi connectivity index (χ1v) is 8.97. The Morgan fingerprint density at radius 1 is 1.22 bits per heavy atom. The van der Waals surface area contributed by atoms with Crippen molar-refractivity contribution in [2.24, 2.45) is 0 Å². The standard InChI is InChI=1S/C20H19N3O4/c24-19(12-14-6-1-3-9-17(14)23(25)26)22-11-5-7-15(13-22)20-21-16-8-2-4-10-18(16)27-20/h1-4,6,8-10,15H,5,7,11-13H2/t15-/m0/s1. The van der Waals surface area contributed by atoms with Gasteiger partial charge in [-0.2, -0.15) is 0 Å². The second kappa shape index (κ2) is 7.19. The summed E-state index contributed by atoms with van der Waals surface area (Å²) in [4.78, 5) is 29.8. The zero-order valence-corrected chi connectivity index (χ0v) is 14.7. The lowest BCUT2D eigenvalue weighted by Gasteiger charge is -2.31. The van der Waals surface area contributed by atoms with Crippen LogP contribution in [0.3, 0.4) is 0 Å². The first-order chi connectivity index (χ1) is 13.1. The minimum atomic E-state index is -0.445. The number of rotatable bonds is 4. The molecule has 138 valence electrons. The number of carbonyl (C=O) groups excluding carboxylic acids is 1. The summed E-state index contributed by atoms with van der Waals surface area (Å²) in [5, 5.41) is 11.2. The highest BCUT2D eigenvalue weighted by Gasteiger charge is 2.29. The fourth-order valence-corrected chi connectivity index (χ4v) is 3.58. The van der Waals surface area contributed by atoms with Gasteiger partial charge in [0.2, 0.25) is 5.91 Å². The highest BCUT2D eigenvalue weighted by molar-refractivity contribution is 5.80. The largest absolute Gasteiger partial charge is 0.440 e. The summed E-state index contributed by atoms with van der Waals surface area (Å²) in [5.74, 6) is 0.588. The monoisotopic (exact) mass is 365 g/mol. The van der Waals surface area contributed by atoms with Gasteiger partial charge in [-0.05, 0) is 25.0 Å². The molecule has 0 unspecified atom stereocenters. The minimum absolute atomic E-state index is 0.0154. The van der Waals surface area contributed by atoms with Crippen LogP contribution >= 0.6 is 0 Å². The molecule has 3 aromatic rings.